The summed E-state index contributed by atoms with van der Waals surface area (Å²) in [6, 6.07) is 14.8. The van der Waals surface area contributed by atoms with Crippen molar-refractivity contribution in [3.05, 3.63) is 70.9 Å². The van der Waals surface area contributed by atoms with Crippen LogP contribution in [0.5, 0.6) is 0 Å². The standard InChI is InChI=1S/C24H28ClN5O2.2ClH/c1-24(2,3)32-22(31)20(16-8-6-5-7-9-16)30(4)14-15-10-11-17-18(12-15)21(29-23(26)27)28-13-19(17)25;;/h5-13,20H,14H2,1-4H3,(H4,26,27,28,29);2*1H. The molecule has 1 aromatic heterocycles. The van der Waals surface area contributed by atoms with Gasteiger partial charge in [0.25, 0.3) is 0 Å². The first kappa shape index (κ1) is 29.5. The third kappa shape index (κ3) is 7.46. The largest absolute Gasteiger partial charge is 0.459 e. The number of likely N-dealkylation sites (N-methyl/N-ethyl adjacent to an activating group) is 1. The lowest BCUT2D eigenvalue weighted by Gasteiger charge is -2.30. The predicted octanol–water partition coefficient (Wildman–Crippen LogP) is 5.15. The van der Waals surface area contributed by atoms with Crippen LogP contribution in [0.4, 0.5) is 5.82 Å². The van der Waals surface area contributed by atoms with Gasteiger partial charge in [-0.25, -0.2) is 9.78 Å². The van der Waals surface area contributed by atoms with Gasteiger partial charge in [0.2, 0.25) is 0 Å². The van der Waals surface area contributed by atoms with Crippen molar-refractivity contribution in [1.82, 2.24) is 9.88 Å². The fourth-order valence-corrected chi connectivity index (χ4v) is 3.71. The van der Waals surface area contributed by atoms with Crippen LogP contribution in [0.3, 0.4) is 0 Å². The average molecular weight is 527 g/mol. The Balaban J connectivity index is 0.00000289. The van der Waals surface area contributed by atoms with Crippen molar-refractivity contribution in [3.8, 4) is 0 Å². The summed E-state index contributed by atoms with van der Waals surface area (Å²) in [4.78, 5) is 23.4. The Bertz CT molecular complexity index is 1150. The molecule has 1 unspecified atom stereocenters. The van der Waals surface area contributed by atoms with Gasteiger partial charge in [-0.05, 0) is 45.0 Å². The Hall–Kier alpha value is -2.58. The molecule has 7 nitrogen and oxygen atoms in total. The maximum atomic E-state index is 13.1. The quantitative estimate of drug-likeness (QED) is 0.261. The van der Waals surface area contributed by atoms with E-state index in [1.807, 2.05) is 81.2 Å². The fourth-order valence-electron chi connectivity index (χ4n) is 3.49. The highest BCUT2D eigenvalue weighted by Gasteiger charge is 2.30. The fraction of sp³-hybridized carbons (Fsp3) is 0.292. The monoisotopic (exact) mass is 525 g/mol. The van der Waals surface area contributed by atoms with E-state index in [1.54, 1.807) is 0 Å². The van der Waals surface area contributed by atoms with Crippen LogP contribution in [-0.2, 0) is 16.1 Å². The van der Waals surface area contributed by atoms with Crippen LogP contribution >= 0.6 is 36.4 Å². The maximum absolute atomic E-state index is 13.1. The number of rotatable bonds is 6. The van der Waals surface area contributed by atoms with E-state index in [9.17, 15) is 4.79 Å². The number of nitrogens with two attached hydrogens (primary N) is 2. The number of nitrogens with zero attached hydrogens (tertiary/aromatic N) is 3. The number of carbonyl (C=O) groups is 1. The predicted molar refractivity (Wildman–Crippen MR) is 143 cm³/mol. The first-order valence-corrected chi connectivity index (χ1v) is 10.6. The highest BCUT2D eigenvalue weighted by Crippen LogP contribution is 2.32. The van der Waals surface area contributed by atoms with Crippen molar-refractivity contribution < 1.29 is 9.53 Å². The van der Waals surface area contributed by atoms with Crippen LogP contribution in [0.25, 0.3) is 10.8 Å². The summed E-state index contributed by atoms with van der Waals surface area (Å²) in [6.07, 6.45) is 1.52. The molecule has 0 radical (unpaired) electrons. The molecule has 1 atom stereocenters. The van der Waals surface area contributed by atoms with Crippen LogP contribution < -0.4 is 11.5 Å². The second-order valence-corrected chi connectivity index (χ2v) is 9.02. The molecule has 0 spiro atoms. The number of aliphatic imine (C=N–C) groups is 1. The topological polar surface area (TPSA) is 107 Å². The molecule has 4 N–H and O–H groups in total. The lowest BCUT2D eigenvalue weighted by Crippen LogP contribution is -2.36. The van der Waals surface area contributed by atoms with Crippen molar-refractivity contribution in [2.75, 3.05) is 7.05 Å². The number of hydrogen-bond donors (Lipinski definition) is 2. The first-order valence-electron chi connectivity index (χ1n) is 10.2. The number of benzene rings is 2. The summed E-state index contributed by atoms with van der Waals surface area (Å²) in [5.41, 5.74) is 12.3. The van der Waals surface area contributed by atoms with Crippen molar-refractivity contribution >= 4 is 64.9 Å². The Labute approximate surface area is 217 Å². The van der Waals surface area contributed by atoms with Gasteiger partial charge in [-0.1, -0.05) is 54.1 Å². The third-order valence-corrected chi connectivity index (χ3v) is 5.04. The van der Waals surface area contributed by atoms with Crippen LogP contribution in [0.15, 0.2) is 59.7 Å². The zero-order valence-corrected chi connectivity index (χ0v) is 21.9. The van der Waals surface area contributed by atoms with Crippen LogP contribution in [0.1, 0.15) is 37.9 Å². The molecular formula is C24H30Cl3N5O2. The number of carbonyl (C=O) groups excluding carboxylic acids is 1. The molecule has 0 aliphatic heterocycles. The summed E-state index contributed by atoms with van der Waals surface area (Å²) in [5.74, 6) is -0.00346. The van der Waals surface area contributed by atoms with Gasteiger partial charge in [-0.2, -0.15) is 4.99 Å². The van der Waals surface area contributed by atoms with Gasteiger partial charge in [-0.15, -0.1) is 24.8 Å². The molecule has 34 heavy (non-hydrogen) atoms. The molecule has 10 heteroatoms. The van der Waals surface area contributed by atoms with Crippen molar-refractivity contribution in [1.29, 1.82) is 0 Å². The first-order chi connectivity index (χ1) is 15.0. The van der Waals surface area contributed by atoms with Gasteiger partial charge in [0.1, 0.15) is 11.6 Å². The number of fused-ring (bicyclic) bond motifs is 1. The summed E-state index contributed by atoms with van der Waals surface area (Å²) in [6.45, 7) is 6.05. The molecule has 1 heterocycles. The summed E-state index contributed by atoms with van der Waals surface area (Å²) in [5, 5.41) is 2.02. The molecule has 0 bridgehead atoms. The minimum Gasteiger partial charge on any atom is -0.459 e. The third-order valence-electron chi connectivity index (χ3n) is 4.74. The van der Waals surface area contributed by atoms with Crippen molar-refractivity contribution in [2.45, 2.75) is 39.0 Å². The van der Waals surface area contributed by atoms with E-state index in [1.165, 1.54) is 6.20 Å². The van der Waals surface area contributed by atoms with E-state index < -0.39 is 11.6 Å². The Kier molecular flexibility index (Phi) is 10.6. The van der Waals surface area contributed by atoms with E-state index in [-0.39, 0.29) is 36.7 Å². The summed E-state index contributed by atoms with van der Waals surface area (Å²) < 4.78 is 5.71. The molecule has 0 aliphatic rings. The Morgan fingerprint density at radius 2 is 1.76 bits per heavy atom. The smallest absolute Gasteiger partial charge is 0.328 e. The number of pyridine rings is 1. The van der Waals surface area contributed by atoms with Gasteiger partial charge >= 0.3 is 5.97 Å². The lowest BCUT2D eigenvalue weighted by molar-refractivity contribution is -0.161. The highest BCUT2D eigenvalue weighted by atomic mass is 35.5. The second-order valence-electron chi connectivity index (χ2n) is 8.61. The van der Waals surface area contributed by atoms with E-state index in [0.29, 0.717) is 17.4 Å². The normalized spacial score (nSPS) is 11.8. The molecule has 0 saturated heterocycles. The SMILES string of the molecule is CN(Cc1ccc2c(Cl)cnc(N=C(N)N)c2c1)C(C(=O)OC(C)(C)C)c1ccccc1.Cl.Cl. The lowest BCUT2D eigenvalue weighted by atomic mass is 10.0. The number of aromatic nitrogens is 1. The Morgan fingerprint density at radius 1 is 1.12 bits per heavy atom. The molecule has 0 aliphatic carbocycles. The molecule has 2 aromatic carbocycles. The summed E-state index contributed by atoms with van der Waals surface area (Å²) in [7, 11) is 1.89. The molecular weight excluding hydrogens is 497 g/mol. The van der Waals surface area contributed by atoms with E-state index in [0.717, 1.165) is 21.9 Å². The number of ether oxygens (including phenoxy) is 1. The number of hydrogen-bond acceptors (Lipinski definition) is 5. The Morgan fingerprint density at radius 3 is 2.35 bits per heavy atom. The van der Waals surface area contributed by atoms with Crippen LogP contribution in [-0.4, -0.2) is 34.5 Å². The second kappa shape index (κ2) is 12.2. The maximum Gasteiger partial charge on any atom is 0.328 e. The molecule has 0 saturated carbocycles. The van der Waals surface area contributed by atoms with E-state index in [2.05, 4.69) is 9.98 Å². The highest BCUT2D eigenvalue weighted by molar-refractivity contribution is 6.35. The number of esters is 1. The number of guanidine groups is 1. The average Bonchev–Trinajstić information content (AvgIpc) is 2.69. The van der Waals surface area contributed by atoms with Gasteiger partial charge in [-0.3, -0.25) is 4.90 Å². The molecule has 184 valence electrons. The zero-order valence-electron chi connectivity index (χ0n) is 19.5. The molecule has 3 rings (SSSR count). The van der Waals surface area contributed by atoms with Gasteiger partial charge in [0, 0.05) is 23.5 Å². The van der Waals surface area contributed by atoms with Gasteiger partial charge in [0.05, 0.1) is 5.02 Å². The summed E-state index contributed by atoms with van der Waals surface area (Å²) >= 11 is 6.31. The molecule has 0 amide bonds. The molecule has 0 fully saturated rings. The zero-order chi connectivity index (χ0) is 23.5. The van der Waals surface area contributed by atoms with Crippen molar-refractivity contribution in [2.24, 2.45) is 16.5 Å². The van der Waals surface area contributed by atoms with Crippen LogP contribution in [0.2, 0.25) is 5.02 Å². The van der Waals surface area contributed by atoms with Gasteiger partial charge in [0.15, 0.2) is 11.8 Å². The van der Waals surface area contributed by atoms with E-state index in [4.69, 9.17) is 27.8 Å². The number of halogens is 3. The minimum absolute atomic E-state index is 0. The van der Waals surface area contributed by atoms with E-state index >= 15 is 0 Å². The van der Waals surface area contributed by atoms with Crippen molar-refractivity contribution in [3.63, 3.8) is 0 Å². The van der Waals surface area contributed by atoms with Crippen LogP contribution in [0, 0.1) is 0 Å². The minimum atomic E-state index is -0.592. The van der Waals surface area contributed by atoms with Gasteiger partial charge < -0.3 is 16.2 Å². The molecule has 3 aromatic rings.